The molecule has 0 aliphatic rings. The molecular formula is C19H10F7N5OS. The number of nitrogens with one attached hydrogen (secondary N) is 1. The van der Waals surface area contributed by atoms with Crippen LogP contribution in [0.5, 0.6) is 0 Å². The molecular weight excluding hydrogens is 479 g/mol. The van der Waals surface area contributed by atoms with Gasteiger partial charge in [0.05, 0.1) is 21.3 Å². The van der Waals surface area contributed by atoms with E-state index >= 15 is 0 Å². The minimum atomic E-state index is -5.15. The van der Waals surface area contributed by atoms with Crippen molar-refractivity contribution in [2.45, 2.75) is 12.4 Å². The van der Waals surface area contributed by atoms with E-state index < -0.39 is 58.0 Å². The molecule has 0 bridgehead atoms. The first-order chi connectivity index (χ1) is 15.4. The minimum absolute atomic E-state index is 0.0921. The van der Waals surface area contributed by atoms with E-state index in [0.29, 0.717) is 10.7 Å². The van der Waals surface area contributed by atoms with Crippen molar-refractivity contribution in [3.05, 3.63) is 58.7 Å². The van der Waals surface area contributed by atoms with Crippen LogP contribution >= 0.6 is 11.3 Å². The lowest BCUT2D eigenvalue weighted by molar-refractivity contribution is -0.141. The van der Waals surface area contributed by atoms with Crippen molar-refractivity contribution in [3.63, 3.8) is 0 Å². The number of thiazole rings is 1. The topological polar surface area (TPSA) is 72.7 Å². The number of fused-ring (bicyclic) bond motifs is 1. The molecule has 4 rings (SSSR count). The number of hydrogen-bond donors (Lipinski definition) is 1. The number of amides is 1. The normalized spacial score (nSPS) is 12.4. The number of aromatic nitrogens is 4. The molecule has 1 N–H and O–H groups in total. The smallest absolute Gasteiger partial charge is 0.321 e. The number of rotatable bonds is 3. The molecule has 0 saturated carbocycles. The summed E-state index contributed by atoms with van der Waals surface area (Å²) >= 11 is 0.891. The maximum Gasteiger partial charge on any atom is 0.433 e. The maximum absolute atomic E-state index is 14.6. The average Bonchev–Trinajstić information content (AvgIpc) is 3.31. The number of alkyl halides is 6. The summed E-state index contributed by atoms with van der Waals surface area (Å²) in [6.45, 7) is 0. The second-order valence-electron chi connectivity index (χ2n) is 6.70. The van der Waals surface area contributed by atoms with E-state index in [9.17, 15) is 35.5 Å². The predicted molar refractivity (Wildman–Crippen MR) is 104 cm³/mol. The molecule has 0 atom stereocenters. The van der Waals surface area contributed by atoms with E-state index in [1.54, 1.807) is 0 Å². The number of carbonyl (C=O) groups is 1. The molecule has 0 radical (unpaired) electrons. The molecule has 0 fully saturated rings. The van der Waals surface area contributed by atoms with Crippen molar-refractivity contribution in [2.24, 2.45) is 7.05 Å². The molecule has 4 aromatic rings. The Hall–Kier alpha value is -3.55. The van der Waals surface area contributed by atoms with Crippen molar-refractivity contribution < 1.29 is 35.5 Å². The minimum Gasteiger partial charge on any atom is -0.321 e. The van der Waals surface area contributed by atoms with Crippen molar-refractivity contribution >= 4 is 33.1 Å². The molecule has 3 aromatic heterocycles. The zero-order valence-electron chi connectivity index (χ0n) is 16.2. The highest BCUT2D eigenvalue weighted by Gasteiger charge is 2.43. The average molecular weight is 489 g/mol. The molecule has 172 valence electrons. The van der Waals surface area contributed by atoms with E-state index in [0.717, 1.165) is 36.7 Å². The van der Waals surface area contributed by atoms with Crippen LogP contribution in [-0.2, 0) is 19.4 Å². The zero-order valence-corrected chi connectivity index (χ0v) is 17.0. The second-order valence-corrected chi connectivity index (χ2v) is 7.55. The summed E-state index contributed by atoms with van der Waals surface area (Å²) < 4.78 is 96.1. The third-order valence-electron chi connectivity index (χ3n) is 4.54. The molecule has 1 aromatic carbocycles. The summed E-state index contributed by atoms with van der Waals surface area (Å²) in [6, 6.07) is 3.67. The summed E-state index contributed by atoms with van der Waals surface area (Å²) in [5.41, 5.74) is -4.10. The fourth-order valence-electron chi connectivity index (χ4n) is 3.21. The zero-order chi connectivity index (χ0) is 24.1. The molecule has 0 saturated heterocycles. The molecule has 33 heavy (non-hydrogen) atoms. The van der Waals surface area contributed by atoms with Gasteiger partial charge in [-0.1, -0.05) is 0 Å². The van der Waals surface area contributed by atoms with Gasteiger partial charge in [0.25, 0.3) is 5.91 Å². The van der Waals surface area contributed by atoms with Crippen LogP contribution in [0.4, 0.5) is 36.4 Å². The fourth-order valence-corrected chi connectivity index (χ4v) is 4.03. The van der Waals surface area contributed by atoms with Crippen molar-refractivity contribution in [1.29, 1.82) is 0 Å². The van der Waals surface area contributed by atoms with E-state index in [2.05, 4.69) is 15.1 Å². The number of carbonyl (C=O) groups excluding carboxylic acids is 1. The number of aryl methyl sites for hydroxylation is 1. The summed E-state index contributed by atoms with van der Waals surface area (Å²) in [7, 11) is 1.03. The number of pyridine rings is 1. The molecule has 0 spiro atoms. The Morgan fingerprint density at radius 2 is 1.79 bits per heavy atom. The number of halogens is 7. The lowest BCUT2D eigenvalue weighted by Crippen LogP contribution is -2.21. The third-order valence-corrected chi connectivity index (χ3v) is 5.40. The van der Waals surface area contributed by atoms with Gasteiger partial charge in [0, 0.05) is 18.9 Å². The van der Waals surface area contributed by atoms with E-state index in [4.69, 9.17) is 0 Å². The standard InChI is InChI=1S/C19H10F7N5OS/c1-31-15(17(32)29-8-4-5-27-11(6-8)18(21,22)23)13(19(24,25)26)14(30-31)12-9(20)2-3-10-16(12)33-7-28-10/h2-7H,1H3,(H,27,29,32). The Morgan fingerprint density at radius 3 is 2.45 bits per heavy atom. The summed E-state index contributed by atoms with van der Waals surface area (Å²) in [5, 5.41) is 5.73. The van der Waals surface area contributed by atoms with Gasteiger partial charge in [-0.2, -0.15) is 31.4 Å². The quantitative estimate of drug-likeness (QED) is 0.385. The van der Waals surface area contributed by atoms with Gasteiger partial charge in [0.15, 0.2) is 0 Å². The van der Waals surface area contributed by atoms with Gasteiger partial charge in [-0.3, -0.25) is 14.5 Å². The Labute approximate surface area is 183 Å². The lowest BCUT2D eigenvalue weighted by Gasteiger charge is -2.12. The Morgan fingerprint density at radius 1 is 1.06 bits per heavy atom. The number of nitrogens with zero attached hydrogens (tertiary/aromatic N) is 4. The van der Waals surface area contributed by atoms with Gasteiger partial charge in [-0.15, -0.1) is 11.3 Å². The molecule has 0 aliphatic carbocycles. The Bertz CT molecular complexity index is 1370. The van der Waals surface area contributed by atoms with Gasteiger partial charge >= 0.3 is 12.4 Å². The largest absolute Gasteiger partial charge is 0.433 e. The molecule has 0 aliphatic heterocycles. The van der Waals surface area contributed by atoms with Crippen molar-refractivity contribution in [2.75, 3.05) is 5.32 Å². The van der Waals surface area contributed by atoms with Gasteiger partial charge in [-0.25, -0.2) is 9.37 Å². The lowest BCUT2D eigenvalue weighted by atomic mass is 10.0. The summed E-state index contributed by atoms with van der Waals surface area (Å²) in [4.78, 5) is 19.8. The highest BCUT2D eigenvalue weighted by molar-refractivity contribution is 7.17. The van der Waals surface area contributed by atoms with Crippen LogP contribution in [0.25, 0.3) is 21.5 Å². The first-order valence-corrected chi connectivity index (χ1v) is 9.76. The van der Waals surface area contributed by atoms with Gasteiger partial charge in [0.2, 0.25) is 0 Å². The van der Waals surface area contributed by atoms with Crippen LogP contribution in [0.2, 0.25) is 0 Å². The number of benzene rings is 1. The third kappa shape index (κ3) is 4.13. The van der Waals surface area contributed by atoms with Crippen LogP contribution in [0.1, 0.15) is 21.7 Å². The molecule has 0 unspecified atom stereocenters. The number of anilines is 1. The van der Waals surface area contributed by atoms with E-state index in [-0.39, 0.29) is 10.2 Å². The van der Waals surface area contributed by atoms with E-state index in [1.807, 2.05) is 5.32 Å². The van der Waals surface area contributed by atoms with Crippen molar-refractivity contribution in [3.8, 4) is 11.3 Å². The van der Waals surface area contributed by atoms with Crippen LogP contribution in [0.15, 0.2) is 36.0 Å². The van der Waals surface area contributed by atoms with Crippen molar-refractivity contribution in [1.82, 2.24) is 19.7 Å². The monoisotopic (exact) mass is 489 g/mol. The first kappa shape index (κ1) is 22.6. The van der Waals surface area contributed by atoms with Gasteiger partial charge in [-0.05, 0) is 24.3 Å². The Kier molecular flexibility index (Phi) is 5.35. The summed E-state index contributed by atoms with van der Waals surface area (Å²) in [6.07, 6.45) is -9.23. The number of hydrogen-bond acceptors (Lipinski definition) is 5. The predicted octanol–water partition coefficient (Wildman–Crippen LogP) is 5.52. The van der Waals surface area contributed by atoms with Crippen LogP contribution in [0.3, 0.4) is 0 Å². The first-order valence-electron chi connectivity index (χ1n) is 8.88. The van der Waals surface area contributed by atoms with E-state index in [1.165, 1.54) is 11.6 Å². The van der Waals surface area contributed by atoms with Crippen LogP contribution in [-0.4, -0.2) is 25.7 Å². The SMILES string of the molecule is Cn1nc(-c2c(F)ccc3ncsc23)c(C(F)(F)F)c1C(=O)Nc1ccnc(C(F)(F)F)c1. The molecule has 14 heteroatoms. The highest BCUT2D eigenvalue weighted by Crippen LogP contribution is 2.43. The molecule has 3 heterocycles. The van der Waals surface area contributed by atoms with Crippen LogP contribution in [0, 0.1) is 5.82 Å². The highest BCUT2D eigenvalue weighted by atomic mass is 32.1. The fraction of sp³-hybridized carbons (Fsp3) is 0.158. The van der Waals surface area contributed by atoms with Gasteiger partial charge in [0.1, 0.15) is 28.5 Å². The molecule has 6 nitrogen and oxygen atoms in total. The van der Waals surface area contributed by atoms with Gasteiger partial charge < -0.3 is 5.32 Å². The summed E-state index contributed by atoms with van der Waals surface area (Å²) in [5.74, 6) is -2.40. The van der Waals surface area contributed by atoms with Crippen LogP contribution < -0.4 is 5.32 Å². The Balaban J connectivity index is 1.85. The maximum atomic E-state index is 14.6. The second kappa shape index (κ2) is 7.79. The molecule has 1 amide bonds.